The maximum absolute atomic E-state index is 12.4. The molecule has 2 rings (SSSR count). The van der Waals surface area contributed by atoms with Gasteiger partial charge in [-0.3, -0.25) is 0 Å². The number of nitrogens with one attached hydrogen (secondary N) is 1. The molecule has 1 saturated heterocycles. The second-order valence-corrected chi connectivity index (χ2v) is 6.42. The van der Waals surface area contributed by atoms with E-state index in [4.69, 9.17) is 4.74 Å². The molecule has 1 fully saturated rings. The van der Waals surface area contributed by atoms with Gasteiger partial charge in [-0.05, 0) is 37.6 Å². The van der Waals surface area contributed by atoms with Crippen LogP contribution in [0.25, 0.3) is 0 Å². The summed E-state index contributed by atoms with van der Waals surface area (Å²) in [5, 5.41) is 2.81. The fourth-order valence-electron chi connectivity index (χ4n) is 2.06. The van der Waals surface area contributed by atoms with E-state index in [1.54, 1.807) is 24.3 Å². The lowest BCUT2D eigenvalue weighted by Gasteiger charge is -2.22. The van der Waals surface area contributed by atoms with Gasteiger partial charge in [-0.2, -0.15) is 0 Å². The van der Waals surface area contributed by atoms with Crippen molar-refractivity contribution < 1.29 is 13.2 Å². The summed E-state index contributed by atoms with van der Waals surface area (Å²) in [5.74, 6) is 0.579. The molecule has 5 heteroatoms. The molecule has 0 aliphatic carbocycles. The third-order valence-electron chi connectivity index (χ3n) is 3.06. The van der Waals surface area contributed by atoms with E-state index in [-0.39, 0.29) is 5.25 Å². The minimum Gasteiger partial charge on any atom is -0.497 e. The maximum Gasteiger partial charge on any atom is 0.182 e. The van der Waals surface area contributed by atoms with Crippen LogP contribution >= 0.6 is 0 Å². The van der Waals surface area contributed by atoms with Crippen molar-refractivity contribution in [1.29, 1.82) is 0 Å². The summed E-state index contributed by atoms with van der Waals surface area (Å²) in [7, 11) is -1.70. The van der Waals surface area contributed by atoms with Crippen LogP contribution in [0.4, 0.5) is 0 Å². The smallest absolute Gasteiger partial charge is 0.182 e. The summed E-state index contributed by atoms with van der Waals surface area (Å²) in [6, 6.07) is 6.68. The van der Waals surface area contributed by atoms with E-state index in [1.807, 2.05) is 0 Å². The van der Waals surface area contributed by atoms with Gasteiger partial charge in [-0.15, -0.1) is 0 Å². The van der Waals surface area contributed by atoms with Gasteiger partial charge < -0.3 is 10.1 Å². The monoisotopic (exact) mass is 255 g/mol. The quantitative estimate of drug-likeness (QED) is 0.882. The van der Waals surface area contributed by atoms with Gasteiger partial charge >= 0.3 is 0 Å². The van der Waals surface area contributed by atoms with Crippen LogP contribution in [0.1, 0.15) is 12.8 Å². The summed E-state index contributed by atoms with van der Waals surface area (Å²) in [6.07, 6.45) is 1.64. The number of benzene rings is 1. The highest BCUT2D eigenvalue weighted by atomic mass is 32.2. The van der Waals surface area contributed by atoms with E-state index in [0.717, 1.165) is 19.4 Å². The fourth-order valence-corrected chi connectivity index (χ4v) is 3.80. The zero-order valence-corrected chi connectivity index (χ0v) is 10.7. The minimum atomic E-state index is -3.24. The number of ether oxygens (including phenoxy) is 1. The summed E-state index contributed by atoms with van der Waals surface area (Å²) in [4.78, 5) is 0.352. The van der Waals surface area contributed by atoms with Crippen molar-refractivity contribution in [2.45, 2.75) is 23.0 Å². The largest absolute Gasteiger partial charge is 0.497 e. The molecule has 17 heavy (non-hydrogen) atoms. The van der Waals surface area contributed by atoms with Crippen LogP contribution in [-0.4, -0.2) is 33.9 Å². The van der Waals surface area contributed by atoms with Crippen molar-refractivity contribution in [1.82, 2.24) is 5.32 Å². The third kappa shape index (κ3) is 2.61. The van der Waals surface area contributed by atoms with Gasteiger partial charge in [0.1, 0.15) is 5.75 Å². The van der Waals surface area contributed by atoms with Gasteiger partial charge in [0.25, 0.3) is 0 Å². The average Bonchev–Trinajstić information content (AvgIpc) is 2.40. The molecule has 1 aromatic carbocycles. The molecule has 1 N–H and O–H groups in total. The van der Waals surface area contributed by atoms with Crippen molar-refractivity contribution in [3.8, 4) is 5.75 Å². The molecule has 0 aromatic heterocycles. The molecule has 1 aliphatic rings. The molecule has 1 atom stereocenters. The van der Waals surface area contributed by atoms with Gasteiger partial charge in [-0.25, -0.2) is 8.42 Å². The van der Waals surface area contributed by atoms with E-state index in [9.17, 15) is 8.42 Å². The topological polar surface area (TPSA) is 55.4 Å². The lowest BCUT2D eigenvalue weighted by Crippen LogP contribution is -2.38. The van der Waals surface area contributed by atoms with E-state index in [0.29, 0.717) is 17.2 Å². The van der Waals surface area contributed by atoms with Crippen LogP contribution in [0, 0.1) is 0 Å². The lowest BCUT2D eigenvalue weighted by molar-refractivity contribution is 0.413. The van der Waals surface area contributed by atoms with Gasteiger partial charge in [0, 0.05) is 6.54 Å². The van der Waals surface area contributed by atoms with Crippen LogP contribution in [0.15, 0.2) is 29.2 Å². The molecule has 4 nitrogen and oxygen atoms in total. The molecular weight excluding hydrogens is 238 g/mol. The van der Waals surface area contributed by atoms with Crippen LogP contribution in [0.3, 0.4) is 0 Å². The summed E-state index contributed by atoms with van der Waals surface area (Å²) >= 11 is 0. The first kappa shape index (κ1) is 12.4. The Bertz CT molecular complexity index is 478. The Morgan fingerprint density at radius 2 is 2.24 bits per heavy atom. The van der Waals surface area contributed by atoms with Crippen molar-refractivity contribution in [3.63, 3.8) is 0 Å². The Labute approximate surface area is 102 Å². The number of hydrogen-bond acceptors (Lipinski definition) is 4. The maximum atomic E-state index is 12.4. The van der Waals surface area contributed by atoms with Gasteiger partial charge in [0.15, 0.2) is 9.84 Å². The Kier molecular flexibility index (Phi) is 3.69. The first-order valence-corrected chi connectivity index (χ1v) is 7.28. The van der Waals surface area contributed by atoms with Crippen LogP contribution in [0.5, 0.6) is 5.75 Å². The van der Waals surface area contributed by atoms with E-state index >= 15 is 0 Å². The number of methoxy groups -OCH3 is 1. The van der Waals surface area contributed by atoms with Gasteiger partial charge in [0.2, 0.25) is 0 Å². The molecule has 1 heterocycles. The van der Waals surface area contributed by atoms with Crippen molar-refractivity contribution in [2.75, 3.05) is 20.2 Å². The molecule has 0 radical (unpaired) electrons. The predicted molar refractivity (Wildman–Crippen MR) is 66.1 cm³/mol. The zero-order valence-electron chi connectivity index (χ0n) is 9.85. The SMILES string of the molecule is COc1cccc(S(=O)(=O)C2CCCNC2)c1. The Balaban J connectivity index is 2.29. The fraction of sp³-hybridized carbons (Fsp3) is 0.500. The summed E-state index contributed by atoms with van der Waals surface area (Å²) in [6.45, 7) is 1.45. The van der Waals surface area contributed by atoms with Crippen molar-refractivity contribution >= 4 is 9.84 Å². The molecular formula is C12H17NO3S. The highest BCUT2D eigenvalue weighted by molar-refractivity contribution is 7.92. The van der Waals surface area contributed by atoms with Crippen LogP contribution < -0.4 is 10.1 Å². The predicted octanol–water partition coefficient (Wildman–Crippen LogP) is 1.22. The molecule has 0 saturated carbocycles. The van der Waals surface area contributed by atoms with E-state index in [2.05, 4.69) is 5.32 Å². The summed E-state index contributed by atoms with van der Waals surface area (Å²) < 4.78 is 29.8. The highest BCUT2D eigenvalue weighted by Gasteiger charge is 2.28. The van der Waals surface area contributed by atoms with E-state index in [1.165, 1.54) is 7.11 Å². The van der Waals surface area contributed by atoms with Crippen molar-refractivity contribution in [3.05, 3.63) is 24.3 Å². The molecule has 1 aliphatic heterocycles. The Hall–Kier alpha value is -1.07. The Morgan fingerprint density at radius 1 is 1.41 bits per heavy atom. The first-order valence-electron chi connectivity index (χ1n) is 5.73. The minimum absolute atomic E-state index is 0.316. The highest BCUT2D eigenvalue weighted by Crippen LogP contribution is 2.24. The molecule has 94 valence electrons. The normalized spacial score (nSPS) is 21.1. The number of sulfone groups is 1. The standard InChI is InChI=1S/C12H17NO3S/c1-16-10-4-2-5-11(8-10)17(14,15)12-6-3-7-13-9-12/h2,4-5,8,12-13H,3,6-7,9H2,1H3. The van der Waals surface area contributed by atoms with Gasteiger partial charge in [0.05, 0.1) is 17.3 Å². The molecule has 1 aromatic rings. The molecule has 0 spiro atoms. The molecule has 0 bridgehead atoms. The second kappa shape index (κ2) is 5.06. The average molecular weight is 255 g/mol. The number of rotatable bonds is 3. The van der Waals surface area contributed by atoms with Gasteiger partial charge in [-0.1, -0.05) is 6.07 Å². The van der Waals surface area contributed by atoms with Crippen molar-refractivity contribution in [2.24, 2.45) is 0 Å². The van der Waals surface area contributed by atoms with Crippen LogP contribution in [-0.2, 0) is 9.84 Å². The summed E-state index contributed by atoms with van der Waals surface area (Å²) in [5.41, 5.74) is 0. The molecule has 0 amide bonds. The van der Waals surface area contributed by atoms with E-state index < -0.39 is 9.84 Å². The first-order chi connectivity index (χ1) is 8.14. The lowest BCUT2D eigenvalue weighted by atomic mass is 10.2. The molecule has 1 unspecified atom stereocenters. The zero-order chi connectivity index (χ0) is 12.3. The number of piperidine rings is 1. The third-order valence-corrected chi connectivity index (χ3v) is 5.25. The Morgan fingerprint density at radius 3 is 2.88 bits per heavy atom. The number of hydrogen-bond donors (Lipinski definition) is 1. The van der Waals surface area contributed by atoms with Crippen LogP contribution in [0.2, 0.25) is 0 Å². The second-order valence-electron chi connectivity index (χ2n) is 4.19.